The smallest absolute Gasteiger partial charge is 0.0765 e. The number of nitrogens with two attached hydrogens (primary N) is 1. The second-order valence-electron chi connectivity index (χ2n) is 3.57. The van der Waals surface area contributed by atoms with Crippen molar-refractivity contribution >= 4 is 23.2 Å². The molecule has 0 saturated carbocycles. The first kappa shape index (κ1) is 13.8. The van der Waals surface area contributed by atoms with Crippen molar-refractivity contribution < 1.29 is 4.74 Å². The molecule has 0 bridgehead atoms. The van der Waals surface area contributed by atoms with Crippen LogP contribution in [0.3, 0.4) is 0 Å². The standard InChI is InChI=1S/C12H17Cl2NO/c1-3-10(16-4-2)12(15)8-6-5-7-9(13)11(8)14/h5-7,10,12H,3-4,15H2,1-2H3. The lowest BCUT2D eigenvalue weighted by Crippen LogP contribution is -2.28. The maximum atomic E-state index is 6.14. The summed E-state index contributed by atoms with van der Waals surface area (Å²) in [5, 5.41) is 1.05. The van der Waals surface area contributed by atoms with Gasteiger partial charge in [0.2, 0.25) is 0 Å². The minimum Gasteiger partial charge on any atom is -0.377 e. The molecule has 2 N–H and O–H groups in total. The zero-order valence-electron chi connectivity index (χ0n) is 9.54. The van der Waals surface area contributed by atoms with Crippen LogP contribution < -0.4 is 5.73 Å². The van der Waals surface area contributed by atoms with E-state index in [0.717, 1.165) is 12.0 Å². The first-order valence-corrected chi connectivity index (χ1v) is 6.18. The molecule has 90 valence electrons. The van der Waals surface area contributed by atoms with Gasteiger partial charge in [0, 0.05) is 6.61 Å². The predicted molar refractivity (Wildman–Crippen MR) is 69.1 cm³/mol. The summed E-state index contributed by atoms with van der Waals surface area (Å²) in [6.45, 7) is 4.64. The van der Waals surface area contributed by atoms with E-state index in [1.54, 1.807) is 6.07 Å². The van der Waals surface area contributed by atoms with Gasteiger partial charge in [-0.2, -0.15) is 0 Å². The summed E-state index contributed by atoms with van der Waals surface area (Å²) in [6, 6.07) is 5.25. The lowest BCUT2D eigenvalue weighted by atomic mass is 10.0. The van der Waals surface area contributed by atoms with E-state index in [4.69, 9.17) is 33.7 Å². The van der Waals surface area contributed by atoms with Gasteiger partial charge < -0.3 is 10.5 Å². The fraction of sp³-hybridized carbons (Fsp3) is 0.500. The molecule has 0 heterocycles. The molecule has 16 heavy (non-hydrogen) atoms. The van der Waals surface area contributed by atoms with Gasteiger partial charge in [-0.1, -0.05) is 42.3 Å². The van der Waals surface area contributed by atoms with Gasteiger partial charge in [0.05, 0.1) is 22.2 Å². The number of ether oxygens (including phenoxy) is 1. The Morgan fingerprint density at radius 3 is 2.56 bits per heavy atom. The second kappa shape index (κ2) is 6.45. The molecule has 0 saturated heterocycles. The third-order valence-electron chi connectivity index (χ3n) is 2.52. The maximum absolute atomic E-state index is 6.14. The number of hydrogen-bond acceptors (Lipinski definition) is 2. The Morgan fingerprint density at radius 1 is 1.31 bits per heavy atom. The highest BCUT2D eigenvalue weighted by Crippen LogP contribution is 2.31. The van der Waals surface area contributed by atoms with E-state index in [2.05, 4.69) is 0 Å². The van der Waals surface area contributed by atoms with E-state index >= 15 is 0 Å². The molecule has 0 amide bonds. The Bertz CT molecular complexity index is 344. The molecule has 2 nitrogen and oxygen atoms in total. The Labute approximate surface area is 107 Å². The van der Waals surface area contributed by atoms with Crippen molar-refractivity contribution in [3.05, 3.63) is 33.8 Å². The van der Waals surface area contributed by atoms with E-state index in [-0.39, 0.29) is 12.1 Å². The summed E-state index contributed by atoms with van der Waals surface area (Å²) in [5.41, 5.74) is 6.98. The molecule has 0 aliphatic heterocycles. The molecule has 0 fully saturated rings. The van der Waals surface area contributed by atoms with Crippen molar-refractivity contribution in [3.8, 4) is 0 Å². The van der Waals surface area contributed by atoms with E-state index in [0.29, 0.717) is 16.7 Å². The predicted octanol–water partition coefficient (Wildman–Crippen LogP) is 3.81. The summed E-state index contributed by atoms with van der Waals surface area (Å²) < 4.78 is 5.58. The maximum Gasteiger partial charge on any atom is 0.0765 e. The number of halogens is 2. The van der Waals surface area contributed by atoms with Gasteiger partial charge in [0.15, 0.2) is 0 Å². The van der Waals surface area contributed by atoms with Gasteiger partial charge in [-0.25, -0.2) is 0 Å². The molecule has 0 radical (unpaired) electrons. The highest BCUT2D eigenvalue weighted by atomic mass is 35.5. The number of rotatable bonds is 5. The SMILES string of the molecule is CCOC(CC)C(N)c1cccc(Cl)c1Cl. The van der Waals surface area contributed by atoms with Crippen molar-refractivity contribution in [2.24, 2.45) is 5.73 Å². The van der Waals surface area contributed by atoms with Crippen molar-refractivity contribution in [1.82, 2.24) is 0 Å². The third kappa shape index (κ3) is 3.11. The Hall–Kier alpha value is -0.280. The topological polar surface area (TPSA) is 35.2 Å². The molecular weight excluding hydrogens is 245 g/mol. The molecule has 0 aliphatic carbocycles. The summed E-state index contributed by atoms with van der Waals surface area (Å²) in [7, 11) is 0. The Kier molecular flexibility index (Phi) is 5.56. The summed E-state index contributed by atoms with van der Waals surface area (Å²) >= 11 is 12.1. The first-order chi connectivity index (χ1) is 7.61. The van der Waals surface area contributed by atoms with Crippen LogP contribution >= 0.6 is 23.2 Å². The molecule has 0 spiro atoms. The lowest BCUT2D eigenvalue weighted by molar-refractivity contribution is 0.0414. The number of hydrogen-bond donors (Lipinski definition) is 1. The average molecular weight is 262 g/mol. The highest BCUT2D eigenvalue weighted by Gasteiger charge is 2.21. The van der Waals surface area contributed by atoms with Crippen LogP contribution in [0, 0.1) is 0 Å². The van der Waals surface area contributed by atoms with Crippen LogP contribution in [0.5, 0.6) is 0 Å². The van der Waals surface area contributed by atoms with Crippen LogP contribution in [0.4, 0.5) is 0 Å². The highest BCUT2D eigenvalue weighted by molar-refractivity contribution is 6.42. The van der Waals surface area contributed by atoms with Gasteiger partial charge in [-0.05, 0) is 25.0 Å². The molecule has 0 aliphatic rings. The first-order valence-electron chi connectivity index (χ1n) is 5.42. The third-order valence-corrected chi connectivity index (χ3v) is 3.36. The minimum absolute atomic E-state index is 0.0269. The van der Waals surface area contributed by atoms with Gasteiger partial charge in [0.25, 0.3) is 0 Å². The van der Waals surface area contributed by atoms with Gasteiger partial charge >= 0.3 is 0 Å². The second-order valence-corrected chi connectivity index (χ2v) is 4.36. The fourth-order valence-electron chi connectivity index (χ4n) is 1.67. The minimum atomic E-state index is -0.240. The van der Waals surface area contributed by atoms with Crippen molar-refractivity contribution in [3.63, 3.8) is 0 Å². The normalized spacial score (nSPS) is 14.8. The van der Waals surface area contributed by atoms with Crippen molar-refractivity contribution in [1.29, 1.82) is 0 Å². The number of benzene rings is 1. The zero-order valence-corrected chi connectivity index (χ0v) is 11.1. The lowest BCUT2D eigenvalue weighted by Gasteiger charge is -2.23. The largest absolute Gasteiger partial charge is 0.377 e. The van der Waals surface area contributed by atoms with E-state index in [1.807, 2.05) is 26.0 Å². The molecule has 1 aromatic rings. The molecule has 4 heteroatoms. The van der Waals surface area contributed by atoms with Crippen LogP contribution in [-0.2, 0) is 4.74 Å². The zero-order chi connectivity index (χ0) is 12.1. The molecule has 1 rings (SSSR count). The van der Waals surface area contributed by atoms with E-state index in [9.17, 15) is 0 Å². The van der Waals surface area contributed by atoms with Gasteiger partial charge in [-0.15, -0.1) is 0 Å². The van der Waals surface area contributed by atoms with Crippen LogP contribution in [0.2, 0.25) is 10.0 Å². The molecule has 2 unspecified atom stereocenters. The Morgan fingerprint density at radius 2 is 2.00 bits per heavy atom. The molecular formula is C12H17Cl2NO. The van der Waals surface area contributed by atoms with Gasteiger partial charge in [0.1, 0.15) is 0 Å². The van der Waals surface area contributed by atoms with Crippen LogP contribution in [0.15, 0.2) is 18.2 Å². The van der Waals surface area contributed by atoms with Crippen LogP contribution in [0.25, 0.3) is 0 Å². The fourth-order valence-corrected chi connectivity index (χ4v) is 2.10. The van der Waals surface area contributed by atoms with Crippen molar-refractivity contribution in [2.45, 2.75) is 32.4 Å². The van der Waals surface area contributed by atoms with Crippen LogP contribution in [-0.4, -0.2) is 12.7 Å². The summed E-state index contributed by atoms with van der Waals surface area (Å²) in [6.07, 6.45) is 0.818. The summed E-state index contributed by atoms with van der Waals surface area (Å²) in [5.74, 6) is 0. The van der Waals surface area contributed by atoms with E-state index in [1.165, 1.54) is 0 Å². The molecule has 0 aromatic heterocycles. The summed E-state index contributed by atoms with van der Waals surface area (Å²) in [4.78, 5) is 0. The van der Waals surface area contributed by atoms with Crippen LogP contribution in [0.1, 0.15) is 31.9 Å². The Balaban J connectivity index is 2.94. The van der Waals surface area contributed by atoms with Crippen molar-refractivity contribution in [2.75, 3.05) is 6.61 Å². The average Bonchev–Trinajstić information content (AvgIpc) is 2.29. The molecule has 1 aromatic carbocycles. The monoisotopic (exact) mass is 261 g/mol. The molecule has 2 atom stereocenters. The quantitative estimate of drug-likeness (QED) is 0.875. The van der Waals surface area contributed by atoms with E-state index < -0.39 is 0 Å². The van der Waals surface area contributed by atoms with Gasteiger partial charge in [-0.3, -0.25) is 0 Å².